The van der Waals surface area contributed by atoms with Gasteiger partial charge < -0.3 is 0 Å². The van der Waals surface area contributed by atoms with Crippen molar-refractivity contribution in [2.75, 3.05) is 0 Å². The first kappa shape index (κ1) is 23.6. The van der Waals surface area contributed by atoms with Gasteiger partial charge in [0, 0.05) is 29.1 Å². The summed E-state index contributed by atoms with van der Waals surface area (Å²) in [6.07, 6.45) is 7.62. The first-order valence-corrected chi connectivity index (χ1v) is 12.8. The molecule has 1 unspecified atom stereocenters. The third-order valence-electron chi connectivity index (χ3n) is 5.47. The Morgan fingerprint density at radius 3 is 2.65 bits per heavy atom. The summed E-state index contributed by atoms with van der Waals surface area (Å²) in [5, 5.41) is 14.0. The molecule has 1 N–H and O–H groups in total. The molecule has 0 radical (unpaired) electrons. The minimum absolute atomic E-state index is 0.0127. The van der Waals surface area contributed by atoms with E-state index in [0.29, 0.717) is 0 Å². The Bertz CT molecular complexity index is 1320. The maximum atomic E-state index is 5.04. The third-order valence-corrected chi connectivity index (χ3v) is 6.64. The van der Waals surface area contributed by atoms with Gasteiger partial charge in [0.05, 0.1) is 16.1 Å². The van der Waals surface area contributed by atoms with Crippen LogP contribution in [0.2, 0.25) is 0 Å². The van der Waals surface area contributed by atoms with E-state index >= 15 is 0 Å². The normalized spacial score (nSPS) is 16.4. The van der Waals surface area contributed by atoms with Crippen LogP contribution in [0.25, 0.3) is 21.0 Å². The number of nitrogens with zero attached hydrogens (tertiary/aromatic N) is 4. The van der Waals surface area contributed by atoms with Crippen molar-refractivity contribution in [2.24, 2.45) is 10.2 Å². The number of hydrogen-bond acceptors (Lipinski definition) is 6. The molecular formula is C28H31N5S. The van der Waals surface area contributed by atoms with E-state index in [-0.39, 0.29) is 6.17 Å². The smallest absolute Gasteiger partial charge is 0.170 e. The molecule has 0 bridgehead atoms. The first-order chi connectivity index (χ1) is 16.8. The quantitative estimate of drug-likeness (QED) is 0.353. The fraction of sp³-hybridized carbons (Fsp3) is 0.250. The zero-order valence-electron chi connectivity index (χ0n) is 20.2. The lowest BCUT2D eigenvalue weighted by Crippen LogP contribution is -2.38. The number of rotatable bonds is 3. The van der Waals surface area contributed by atoms with E-state index in [1.165, 1.54) is 20.5 Å². The van der Waals surface area contributed by atoms with Gasteiger partial charge in [-0.3, -0.25) is 10.4 Å². The Morgan fingerprint density at radius 1 is 0.971 bits per heavy atom. The van der Waals surface area contributed by atoms with Crippen molar-refractivity contribution < 1.29 is 0 Å². The molecule has 174 valence electrons. The number of amidine groups is 1. The van der Waals surface area contributed by atoms with E-state index < -0.39 is 0 Å². The van der Waals surface area contributed by atoms with Crippen LogP contribution in [0.3, 0.4) is 0 Å². The summed E-state index contributed by atoms with van der Waals surface area (Å²) in [6.45, 7) is 8.00. The van der Waals surface area contributed by atoms with Crippen LogP contribution in [0.1, 0.15) is 44.6 Å². The molecule has 4 heterocycles. The van der Waals surface area contributed by atoms with E-state index in [9.17, 15) is 0 Å². The Labute approximate surface area is 205 Å². The number of benzene rings is 2. The number of fused-ring (bicyclic) bond motifs is 3. The van der Waals surface area contributed by atoms with E-state index in [1.807, 2.05) is 45.0 Å². The lowest BCUT2D eigenvalue weighted by atomic mass is 10.1. The highest BCUT2D eigenvalue weighted by Gasteiger charge is 2.28. The molecule has 0 saturated heterocycles. The minimum atomic E-state index is -0.0127. The largest absolute Gasteiger partial charge is 0.283 e. The number of allylic oxidation sites excluding steroid dienone is 1. The number of hydrazone groups is 2. The molecule has 0 fully saturated rings. The average molecular weight is 470 g/mol. The SMILES string of the molecule is C1=CC2=NNC(Cc3ccc4ncccc4c3)N2N=C(c2cc3ccccc3s2)C1.CC.CC. The van der Waals surface area contributed by atoms with Gasteiger partial charge in [-0.2, -0.15) is 10.2 Å². The molecule has 34 heavy (non-hydrogen) atoms. The highest BCUT2D eigenvalue weighted by atomic mass is 32.1. The van der Waals surface area contributed by atoms with Crippen molar-refractivity contribution in [1.82, 2.24) is 15.4 Å². The van der Waals surface area contributed by atoms with Gasteiger partial charge in [0.1, 0.15) is 6.17 Å². The number of aromatic nitrogens is 1. The standard InChI is InChI=1S/C24H19N5S.2C2H6/c1-2-8-21-18(5-1)15-22(30-21)20-7-3-9-23-26-27-24(29(23)28-20)14-16-10-11-19-17(13-16)6-4-12-25-19;2*1-2/h1-6,8-13,15,24,27H,7,14H2;2*1-2H3. The molecule has 2 aromatic heterocycles. The number of nitrogens with one attached hydrogen (secondary N) is 1. The van der Waals surface area contributed by atoms with Crippen molar-refractivity contribution in [3.63, 3.8) is 0 Å². The average Bonchev–Trinajstić information content (AvgIpc) is 3.43. The van der Waals surface area contributed by atoms with Gasteiger partial charge in [-0.15, -0.1) is 11.3 Å². The highest BCUT2D eigenvalue weighted by molar-refractivity contribution is 7.20. The van der Waals surface area contributed by atoms with E-state index in [0.717, 1.165) is 35.3 Å². The van der Waals surface area contributed by atoms with Crippen LogP contribution in [-0.2, 0) is 6.42 Å². The first-order valence-electron chi connectivity index (χ1n) is 12.0. The Balaban J connectivity index is 0.000000652. The molecule has 2 aromatic carbocycles. The highest BCUT2D eigenvalue weighted by Crippen LogP contribution is 2.28. The third kappa shape index (κ3) is 4.87. The number of thiophene rings is 1. The van der Waals surface area contributed by atoms with Crippen LogP contribution in [0.15, 0.2) is 89.2 Å². The Hall–Kier alpha value is -3.51. The summed E-state index contributed by atoms with van der Waals surface area (Å²) in [4.78, 5) is 5.63. The van der Waals surface area contributed by atoms with Crippen molar-refractivity contribution in [2.45, 2.75) is 46.7 Å². The molecule has 6 heteroatoms. The lowest BCUT2D eigenvalue weighted by molar-refractivity contribution is 0.311. The van der Waals surface area contributed by atoms with Crippen LogP contribution < -0.4 is 5.43 Å². The molecule has 4 aromatic rings. The minimum Gasteiger partial charge on any atom is -0.283 e. The molecular weight excluding hydrogens is 438 g/mol. The van der Waals surface area contributed by atoms with Crippen molar-refractivity contribution >= 4 is 43.9 Å². The van der Waals surface area contributed by atoms with E-state index in [4.69, 9.17) is 5.10 Å². The summed E-state index contributed by atoms with van der Waals surface area (Å²) in [6, 6.07) is 21.2. The summed E-state index contributed by atoms with van der Waals surface area (Å²) in [7, 11) is 0. The van der Waals surface area contributed by atoms with Crippen LogP contribution in [0.4, 0.5) is 0 Å². The summed E-state index contributed by atoms with van der Waals surface area (Å²) >= 11 is 1.80. The summed E-state index contributed by atoms with van der Waals surface area (Å²) in [5.41, 5.74) is 6.59. The van der Waals surface area contributed by atoms with Gasteiger partial charge in [0.25, 0.3) is 0 Å². The second-order valence-electron chi connectivity index (χ2n) is 7.50. The van der Waals surface area contributed by atoms with Crippen LogP contribution >= 0.6 is 11.3 Å². The van der Waals surface area contributed by atoms with Gasteiger partial charge in [-0.1, -0.05) is 64.1 Å². The summed E-state index contributed by atoms with van der Waals surface area (Å²) in [5.74, 6) is 0.860. The van der Waals surface area contributed by atoms with Gasteiger partial charge in [-0.05, 0) is 47.4 Å². The Kier molecular flexibility index (Phi) is 7.70. The van der Waals surface area contributed by atoms with Gasteiger partial charge in [0.15, 0.2) is 5.84 Å². The van der Waals surface area contributed by atoms with Gasteiger partial charge in [0.2, 0.25) is 0 Å². The molecule has 0 spiro atoms. The number of hydrogen-bond donors (Lipinski definition) is 1. The zero-order valence-corrected chi connectivity index (χ0v) is 21.0. The second-order valence-corrected chi connectivity index (χ2v) is 8.58. The molecule has 6 rings (SSSR count). The van der Waals surface area contributed by atoms with Crippen molar-refractivity contribution in [3.8, 4) is 0 Å². The molecule has 0 saturated carbocycles. The van der Waals surface area contributed by atoms with Gasteiger partial charge in [-0.25, -0.2) is 5.01 Å². The van der Waals surface area contributed by atoms with E-state index in [1.54, 1.807) is 11.3 Å². The van der Waals surface area contributed by atoms with Crippen LogP contribution in [0, 0.1) is 0 Å². The van der Waals surface area contributed by atoms with Gasteiger partial charge >= 0.3 is 0 Å². The van der Waals surface area contributed by atoms with E-state index in [2.05, 4.69) is 82.3 Å². The van der Waals surface area contributed by atoms with Crippen molar-refractivity contribution in [3.05, 3.63) is 89.5 Å². The molecule has 2 aliphatic rings. The molecule has 1 atom stereocenters. The predicted molar refractivity (Wildman–Crippen MR) is 146 cm³/mol. The maximum absolute atomic E-state index is 5.04. The monoisotopic (exact) mass is 469 g/mol. The Morgan fingerprint density at radius 2 is 1.79 bits per heavy atom. The summed E-state index contributed by atoms with van der Waals surface area (Å²) < 4.78 is 1.29. The second kappa shape index (κ2) is 11.1. The molecule has 5 nitrogen and oxygen atoms in total. The fourth-order valence-corrected chi connectivity index (χ4v) is 5.03. The maximum Gasteiger partial charge on any atom is 0.170 e. The van der Waals surface area contributed by atoms with Crippen LogP contribution in [0.5, 0.6) is 0 Å². The topological polar surface area (TPSA) is 52.9 Å². The molecule has 0 amide bonds. The van der Waals surface area contributed by atoms with Crippen LogP contribution in [-0.4, -0.2) is 27.7 Å². The number of pyridine rings is 1. The fourth-order valence-electron chi connectivity index (χ4n) is 3.97. The zero-order chi connectivity index (χ0) is 23.9. The lowest BCUT2D eigenvalue weighted by Gasteiger charge is -2.21. The predicted octanol–water partition coefficient (Wildman–Crippen LogP) is 6.95. The molecule has 2 aliphatic heterocycles. The molecule has 0 aliphatic carbocycles. The van der Waals surface area contributed by atoms with Crippen molar-refractivity contribution in [1.29, 1.82) is 0 Å².